The fourth-order valence-electron chi connectivity index (χ4n) is 2.91. The molecule has 0 aliphatic carbocycles. The van der Waals surface area contributed by atoms with Crippen LogP contribution in [0.15, 0.2) is 47.4 Å². The lowest BCUT2D eigenvalue weighted by Gasteiger charge is -2.28. The first-order valence-electron chi connectivity index (χ1n) is 8.90. The Morgan fingerprint density at radius 1 is 1.17 bits per heavy atom. The molecule has 0 radical (unpaired) electrons. The molecular formula is C20H22N2O6S. The average Bonchev–Trinajstić information content (AvgIpc) is 2.63. The lowest BCUT2D eigenvalue weighted by atomic mass is 9.87. The zero-order chi connectivity index (χ0) is 21.4. The van der Waals surface area contributed by atoms with Gasteiger partial charge in [0.1, 0.15) is 12.3 Å². The van der Waals surface area contributed by atoms with E-state index in [9.17, 15) is 18.0 Å². The van der Waals surface area contributed by atoms with Crippen LogP contribution in [0.2, 0.25) is 0 Å². The molecule has 0 aromatic heterocycles. The number of rotatable bonds is 5. The third-order valence-corrected chi connectivity index (χ3v) is 5.86. The van der Waals surface area contributed by atoms with Crippen LogP contribution in [-0.2, 0) is 25.0 Å². The second-order valence-electron chi connectivity index (χ2n) is 7.72. The third kappa shape index (κ3) is 4.51. The molecule has 2 aromatic carbocycles. The van der Waals surface area contributed by atoms with Crippen LogP contribution in [0.1, 0.15) is 26.3 Å². The van der Waals surface area contributed by atoms with E-state index in [0.29, 0.717) is 5.69 Å². The molecule has 0 saturated heterocycles. The number of anilines is 2. The van der Waals surface area contributed by atoms with E-state index in [0.717, 1.165) is 10.5 Å². The molecule has 2 N–H and O–H groups in total. The quantitative estimate of drug-likeness (QED) is 0.772. The minimum absolute atomic E-state index is 0.0595. The Morgan fingerprint density at radius 2 is 1.83 bits per heavy atom. The molecule has 1 heterocycles. The van der Waals surface area contributed by atoms with E-state index in [-0.39, 0.29) is 28.4 Å². The van der Waals surface area contributed by atoms with E-state index in [1.165, 1.54) is 18.2 Å². The Morgan fingerprint density at radius 3 is 2.41 bits per heavy atom. The second-order valence-corrected chi connectivity index (χ2v) is 9.41. The van der Waals surface area contributed by atoms with Crippen molar-refractivity contribution in [3.8, 4) is 5.75 Å². The molecule has 2 aromatic rings. The van der Waals surface area contributed by atoms with Crippen LogP contribution in [0.25, 0.3) is 0 Å². The van der Waals surface area contributed by atoms with Gasteiger partial charge >= 0.3 is 5.97 Å². The highest BCUT2D eigenvalue weighted by Crippen LogP contribution is 2.34. The number of nitrogens with zero attached hydrogens (tertiary/aromatic N) is 1. The third-order valence-electron chi connectivity index (χ3n) is 4.48. The minimum Gasteiger partial charge on any atom is -0.482 e. The normalized spacial score (nSPS) is 14.2. The van der Waals surface area contributed by atoms with Gasteiger partial charge in [-0.2, -0.15) is 0 Å². The molecule has 0 bridgehead atoms. The number of benzene rings is 2. The summed E-state index contributed by atoms with van der Waals surface area (Å²) in [5, 5.41) is 9.05. The maximum absolute atomic E-state index is 12.8. The van der Waals surface area contributed by atoms with Crippen molar-refractivity contribution in [2.24, 2.45) is 0 Å². The fourth-order valence-corrected chi connectivity index (χ4v) is 3.99. The highest BCUT2D eigenvalue weighted by molar-refractivity contribution is 7.92. The van der Waals surface area contributed by atoms with Crippen molar-refractivity contribution in [1.82, 2.24) is 0 Å². The highest BCUT2D eigenvalue weighted by atomic mass is 32.2. The second kappa shape index (κ2) is 7.40. The van der Waals surface area contributed by atoms with Crippen molar-refractivity contribution in [3.63, 3.8) is 0 Å². The van der Waals surface area contributed by atoms with Crippen LogP contribution in [0, 0.1) is 0 Å². The van der Waals surface area contributed by atoms with Gasteiger partial charge in [-0.1, -0.05) is 32.9 Å². The van der Waals surface area contributed by atoms with Crippen LogP contribution in [0.3, 0.4) is 0 Å². The summed E-state index contributed by atoms with van der Waals surface area (Å²) in [5.41, 5.74) is 1.50. The number of carboxylic acids is 1. The Kier molecular flexibility index (Phi) is 5.27. The van der Waals surface area contributed by atoms with Gasteiger partial charge < -0.3 is 9.84 Å². The smallest absolute Gasteiger partial charge is 0.323 e. The first-order chi connectivity index (χ1) is 13.5. The van der Waals surface area contributed by atoms with Crippen molar-refractivity contribution in [2.75, 3.05) is 22.8 Å². The van der Waals surface area contributed by atoms with Crippen LogP contribution >= 0.6 is 0 Å². The number of carbonyl (C=O) groups excluding carboxylic acids is 1. The largest absolute Gasteiger partial charge is 0.482 e. The zero-order valence-corrected chi connectivity index (χ0v) is 17.1. The molecule has 8 nitrogen and oxygen atoms in total. The number of nitrogens with one attached hydrogen (secondary N) is 1. The van der Waals surface area contributed by atoms with Crippen molar-refractivity contribution in [2.45, 2.75) is 31.1 Å². The van der Waals surface area contributed by atoms with E-state index in [1.807, 2.05) is 12.1 Å². The fraction of sp³-hybridized carbons (Fsp3) is 0.300. The molecule has 1 aliphatic heterocycles. The summed E-state index contributed by atoms with van der Waals surface area (Å²) in [7, 11) is -3.96. The number of aliphatic carboxylic acids is 1. The molecule has 0 spiro atoms. The average molecular weight is 418 g/mol. The Balaban J connectivity index is 1.91. The van der Waals surface area contributed by atoms with Crippen molar-refractivity contribution >= 4 is 33.3 Å². The van der Waals surface area contributed by atoms with Crippen molar-refractivity contribution in [1.29, 1.82) is 0 Å². The van der Waals surface area contributed by atoms with Crippen LogP contribution in [0.4, 0.5) is 11.4 Å². The molecule has 29 heavy (non-hydrogen) atoms. The molecule has 9 heteroatoms. The summed E-state index contributed by atoms with van der Waals surface area (Å²) < 4.78 is 33.4. The van der Waals surface area contributed by atoms with E-state index < -0.39 is 28.4 Å². The number of carboxylic acid groups (broad SMARTS) is 1. The zero-order valence-electron chi connectivity index (χ0n) is 16.3. The van der Waals surface area contributed by atoms with E-state index in [2.05, 4.69) is 25.5 Å². The molecular weight excluding hydrogens is 396 g/mol. The number of amides is 1. The molecule has 0 unspecified atom stereocenters. The van der Waals surface area contributed by atoms with Crippen molar-refractivity contribution < 1.29 is 27.9 Å². The highest BCUT2D eigenvalue weighted by Gasteiger charge is 2.29. The molecule has 154 valence electrons. The first kappa shape index (κ1) is 20.7. The van der Waals surface area contributed by atoms with E-state index in [4.69, 9.17) is 9.84 Å². The first-order valence-corrected chi connectivity index (χ1v) is 10.4. The van der Waals surface area contributed by atoms with Gasteiger partial charge in [0.15, 0.2) is 6.61 Å². The summed E-state index contributed by atoms with van der Waals surface area (Å²) in [6.45, 7) is 5.30. The summed E-state index contributed by atoms with van der Waals surface area (Å²) in [5.74, 6) is -1.52. The Labute approximate surface area is 169 Å². The summed E-state index contributed by atoms with van der Waals surface area (Å²) in [4.78, 5) is 24.0. The summed E-state index contributed by atoms with van der Waals surface area (Å²) in [6.07, 6.45) is 0. The molecule has 0 atom stereocenters. The van der Waals surface area contributed by atoms with Gasteiger partial charge in [-0.3, -0.25) is 19.2 Å². The maximum Gasteiger partial charge on any atom is 0.323 e. The lowest BCUT2D eigenvalue weighted by Crippen LogP contribution is -2.42. The molecule has 0 fully saturated rings. The molecule has 1 amide bonds. The van der Waals surface area contributed by atoms with Crippen molar-refractivity contribution in [3.05, 3.63) is 48.0 Å². The molecule has 0 saturated carbocycles. The van der Waals surface area contributed by atoms with Crippen LogP contribution in [0.5, 0.6) is 5.75 Å². The standard InChI is InChI=1S/C20H22N2O6S/c1-20(2,3)13-4-6-14(7-5-13)21-29(26,27)15-8-9-17-16(10-15)22(11-19(24)25)18(23)12-28-17/h4-10,21H,11-12H2,1-3H3,(H,24,25). The van der Waals surface area contributed by atoms with Gasteiger partial charge in [0, 0.05) is 5.69 Å². The van der Waals surface area contributed by atoms with Crippen LogP contribution < -0.4 is 14.4 Å². The number of fused-ring (bicyclic) bond motifs is 1. The number of sulfonamides is 1. The molecule has 1 aliphatic rings. The predicted octanol–water partition coefficient (Wildman–Crippen LogP) is 2.59. The van der Waals surface area contributed by atoms with Gasteiger partial charge in [-0.25, -0.2) is 8.42 Å². The Hall–Kier alpha value is -3.07. The van der Waals surface area contributed by atoms with Gasteiger partial charge in [-0.15, -0.1) is 0 Å². The van der Waals surface area contributed by atoms with E-state index in [1.54, 1.807) is 12.1 Å². The summed E-state index contributed by atoms with van der Waals surface area (Å²) >= 11 is 0. The lowest BCUT2D eigenvalue weighted by molar-refractivity contribution is -0.137. The SMILES string of the molecule is CC(C)(C)c1ccc(NS(=O)(=O)c2ccc3c(c2)N(CC(=O)O)C(=O)CO3)cc1. The van der Waals surface area contributed by atoms with Gasteiger partial charge in [-0.05, 0) is 41.3 Å². The monoisotopic (exact) mass is 418 g/mol. The van der Waals surface area contributed by atoms with Crippen LogP contribution in [-0.4, -0.2) is 38.6 Å². The minimum atomic E-state index is -3.96. The summed E-state index contributed by atoms with van der Waals surface area (Å²) in [6, 6.07) is 11.1. The Bertz CT molecular complexity index is 1060. The van der Waals surface area contributed by atoms with Gasteiger partial charge in [0.2, 0.25) is 0 Å². The van der Waals surface area contributed by atoms with E-state index >= 15 is 0 Å². The number of carbonyl (C=O) groups is 2. The molecule has 3 rings (SSSR count). The number of hydrogen-bond acceptors (Lipinski definition) is 5. The van der Waals surface area contributed by atoms with Gasteiger partial charge in [0.25, 0.3) is 15.9 Å². The number of ether oxygens (including phenoxy) is 1. The number of hydrogen-bond donors (Lipinski definition) is 2. The maximum atomic E-state index is 12.8. The van der Waals surface area contributed by atoms with Gasteiger partial charge in [0.05, 0.1) is 10.6 Å². The topological polar surface area (TPSA) is 113 Å². The predicted molar refractivity (Wildman–Crippen MR) is 108 cm³/mol.